The van der Waals surface area contributed by atoms with E-state index in [0.29, 0.717) is 4.90 Å². The number of amides is 1. The Kier molecular flexibility index (Phi) is 5.37. The second-order valence-electron chi connectivity index (χ2n) is 3.52. The minimum Gasteiger partial charge on any atom is -0.392 e. The number of nitrogens with one attached hydrogen (secondary N) is 1. The molecule has 1 atom stereocenters. The average Bonchev–Trinajstić information content (AvgIpc) is 2.28. The van der Waals surface area contributed by atoms with Gasteiger partial charge in [0.2, 0.25) is 5.91 Å². The van der Waals surface area contributed by atoms with Crippen molar-refractivity contribution in [3.8, 4) is 0 Å². The number of carbonyl (C=O) groups is 1. The Labute approximate surface area is 102 Å². The van der Waals surface area contributed by atoms with Crippen molar-refractivity contribution in [3.63, 3.8) is 0 Å². The lowest BCUT2D eigenvalue weighted by Crippen LogP contribution is -2.31. The lowest BCUT2D eigenvalue weighted by atomic mass is 10.3. The van der Waals surface area contributed by atoms with Crippen LogP contribution in [0.4, 0.5) is 8.78 Å². The molecule has 1 aromatic rings. The van der Waals surface area contributed by atoms with E-state index in [0.717, 1.165) is 23.9 Å². The summed E-state index contributed by atoms with van der Waals surface area (Å²) in [6.45, 7) is 1.74. The van der Waals surface area contributed by atoms with E-state index < -0.39 is 17.7 Å². The van der Waals surface area contributed by atoms with Gasteiger partial charge in [-0.25, -0.2) is 8.78 Å². The molecule has 1 aromatic carbocycles. The third kappa shape index (κ3) is 5.14. The lowest BCUT2D eigenvalue weighted by Gasteiger charge is -2.06. The van der Waals surface area contributed by atoms with Crippen molar-refractivity contribution < 1.29 is 18.7 Å². The molecular formula is C11H13F2NO2S. The van der Waals surface area contributed by atoms with Crippen molar-refractivity contribution in [2.24, 2.45) is 0 Å². The largest absolute Gasteiger partial charge is 0.392 e. The van der Waals surface area contributed by atoms with E-state index in [1.807, 2.05) is 0 Å². The summed E-state index contributed by atoms with van der Waals surface area (Å²) in [5.41, 5.74) is 0. The maximum atomic E-state index is 12.8. The van der Waals surface area contributed by atoms with Crippen LogP contribution in [0.1, 0.15) is 6.92 Å². The minimum atomic E-state index is -0.931. The van der Waals surface area contributed by atoms with E-state index in [1.165, 1.54) is 6.07 Å². The molecule has 2 N–H and O–H groups in total. The standard InChI is InChI=1S/C11H13F2NO2S/c1-7(15)5-14-11(16)6-17-8-2-3-9(12)10(13)4-8/h2-4,7,15H,5-6H2,1H3,(H,14,16)/t7-/m0/s1. The van der Waals surface area contributed by atoms with Gasteiger partial charge >= 0.3 is 0 Å². The number of rotatable bonds is 5. The van der Waals surface area contributed by atoms with Gasteiger partial charge in [0, 0.05) is 11.4 Å². The monoisotopic (exact) mass is 261 g/mol. The molecule has 0 aliphatic carbocycles. The molecule has 3 nitrogen and oxygen atoms in total. The van der Waals surface area contributed by atoms with E-state index in [1.54, 1.807) is 6.92 Å². The molecule has 0 aliphatic heterocycles. The van der Waals surface area contributed by atoms with Gasteiger partial charge in [-0.1, -0.05) is 0 Å². The summed E-state index contributed by atoms with van der Waals surface area (Å²) < 4.78 is 25.5. The van der Waals surface area contributed by atoms with Crippen molar-refractivity contribution >= 4 is 17.7 Å². The molecule has 1 rings (SSSR count). The van der Waals surface area contributed by atoms with Crippen LogP contribution in [-0.4, -0.2) is 29.4 Å². The second-order valence-corrected chi connectivity index (χ2v) is 4.57. The highest BCUT2D eigenvalue weighted by atomic mass is 32.2. The molecule has 1 amide bonds. The number of aliphatic hydroxyl groups is 1. The number of halogens is 2. The number of hydrogen-bond acceptors (Lipinski definition) is 3. The third-order valence-corrected chi connectivity index (χ3v) is 2.85. The smallest absolute Gasteiger partial charge is 0.230 e. The van der Waals surface area contributed by atoms with Gasteiger partial charge in [-0.3, -0.25) is 4.79 Å². The van der Waals surface area contributed by atoms with E-state index in [2.05, 4.69) is 5.32 Å². The van der Waals surface area contributed by atoms with Crippen molar-refractivity contribution in [3.05, 3.63) is 29.8 Å². The van der Waals surface area contributed by atoms with Gasteiger partial charge in [-0.05, 0) is 25.1 Å². The lowest BCUT2D eigenvalue weighted by molar-refractivity contribution is -0.118. The summed E-state index contributed by atoms with van der Waals surface area (Å²) in [6, 6.07) is 3.47. The van der Waals surface area contributed by atoms with Crippen LogP contribution < -0.4 is 5.32 Å². The Morgan fingerprint density at radius 3 is 2.76 bits per heavy atom. The van der Waals surface area contributed by atoms with E-state index in [-0.39, 0.29) is 18.2 Å². The molecule has 0 fully saturated rings. The van der Waals surface area contributed by atoms with Gasteiger partial charge in [0.1, 0.15) is 0 Å². The maximum absolute atomic E-state index is 12.8. The first-order valence-electron chi connectivity index (χ1n) is 5.01. The van der Waals surface area contributed by atoms with Crippen LogP contribution in [0.5, 0.6) is 0 Å². The van der Waals surface area contributed by atoms with Gasteiger partial charge in [0.25, 0.3) is 0 Å². The normalized spacial score (nSPS) is 12.2. The first-order chi connectivity index (χ1) is 7.99. The molecule has 0 spiro atoms. The van der Waals surface area contributed by atoms with Crippen LogP contribution >= 0.6 is 11.8 Å². The molecule has 0 aromatic heterocycles. The number of hydrogen-bond donors (Lipinski definition) is 2. The summed E-state index contributed by atoms with van der Waals surface area (Å²) in [4.78, 5) is 11.7. The van der Waals surface area contributed by atoms with Gasteiger partial charge in [0.05, 0.1) is 11.9 Å². The maximum Gasteiger partial charge on any atom is 0.230 e. The fourth-order valence-corrected chi connectivity index (χ4v) is 1.78. The van der Waals surface area contributed by atoms with Crippen LogP contribution in [0.2, 0.25) is 0 Å². The quantitative estimate of drug-likeness (QED) is 0.791. The summed E-state index contributed by atoms with van der Waals surface area (Å²) in [5, 5.41) is 11.4. The van der Waals surface area contributed by atoms with Gasteiger partial charge in [0.15, 0.2) is 11.6 Å². The minimum absolute atomic E-state index is 0.0950. The molecule has 0 unspecified atom stereocenters. The molecule has 6 heteroatoms. The van der Waals surface area contributed by atoms with Crippen LogP contribution in [-0.2, 0) is 4.79 Å². The highest BCUT2D eigenvalue weighted by Gasteiger charge is 2.06. The second kappa shape index (κ2) is 6.56. The van der Waals surface area contributed by atoms with Crippen molar-refractivity contribution in [2.75, 3.05) is 12.3 Å². The fourth-order valence-electron chi connectivity index (χ4n) is 1.03. The topological polar surface area (TPSA) is 49.3 Å². The fraction of sp³-hybridized carbons (Fsp3) is 0.364. The van der Waals surface area contributed by atoms with E-state index in [4.69, 9.17) is 5.11 Å². The Balaban J connectivity index is 2.39. The summed E-state index contributed by atoms with van der Waals surface area (Å²) in [5.74, 6) is -2.01. The van der Waals surface area contributed by atoms with Crippen LogP contribution in [0.25, 0.3) is 0 Å². The Morgan fingerprint density at radius 2 is 2.18 bits per heavy atom. The molecule has 0 radical (unpaired) electrons. The molecule has 0 saturated heterocycles. The molecule has 0 bridgehead atoms. The van der Waals surface area contributed by atoms with Gasteiger partial charge < -0.3 is 10.4 Å². The molecule has 94 valence electrons. The van der Waals surface area contributed by atoms with Gasteiger partial charge in [-0.2, -0.15) is 0 Å². The van der Waals surface area contributed by atoms with Crippen molar-refractivity contribution in [1.29, 1.82) is 0 Å². The van der Waals surface area contributed by atoms with Gasteiger partial charge in [-0.15, -0.1) is 11.8 Å². The number of thioether (sulfide) groups is 1. The Hall–Kier alpha value is -1.14. The Morgan fingerprint density at radius 1 is 1.47 bits per heavy atom. The molecule has 17 heavy (non-hydrogen) atoms. The molecule has 0 aliphatic rings. The number of carbonyl (C=O) groups excluding carboxylic acids is 1. The van der Waals surface area contributed by atoms with Crippen LogP contribution in [0.15, 0.2) is 23.1 Å². The summed E-state index contributed by atoms with van der Waals surface area (Å²) in [7, 11) is 0. The zero-order valence-electron chi connectivity index (χ0n) is 9.24. The predicted octanol–water partition coefficient (Wildman–Crippen LogP) is 1.55. The van der Waals surface area contributed by atoms with E-state index >= 15 is 0 Å². The highest BCUT2D eigenvalue weighted by Crippen LogP contribution is 2.19. The Bertz CT molecular complexity index is 399. The van der Waals surface area contributed by atoms with Crippen molar-refractivity contribution in [2.45, 2.75) is 17.9 Å². The van der Waals surface area contributed by atoms with Crippen LogP contribution in [0, 0.1) is 11.6 Å². The zero-order valence-corrected chi connectivity index (χ0v) is 10.1. The SMILES string of the molecule is C[C@H](O)CNC(=O)CSc1ccc(F)c(F)c1. The first-order valence-corrected chi connectivity index (χ1v) is 6.00. The van der Waals surface area contributed by atoms with Crippen LogP contribution in [0.3, 0.4) is 0 Å². The summed E-state index contributed by atoms with van der Waals surface area (Å²) in [6.07, 6.45) is -0.604. The number of aliphatic hydroxyl groups excluding tert-OH is 1. The van der Waals surface area contributed by atoms with Crippen molar-refractivity contribution in [1.82, 2.24) is 5.32 Å². The molecule has 0 saturated carbocycles. The summed E-state index contributed by atoms with van der Waals surface area (Å²) >= 11 is 1.10. The first kappa shape index (κ1) is 13.9. The molecular weight excluding hydrogens is 248 g/mol. The van der Waals surface area contributed by atoms with E-state index in [9.17, 15) is 13.6 Å². The zero-order chi connectivity index (χ0) is 12.8. The third-order valence-electron chi connectivity index (χ3n) is 1.86. The molecule has 0 heterocycles. The predicted molar refractivity (Wildman–Crippen MR) is 61.8 cm³/mol. The number of benzene rings is 1. The highest BCUT2D eigenvalue weighted by molar-refractivity contribution is 8.00. The average molecular weight is 261 g/mol.